The van der Waals surface area contributed by atoms with Gasteiger partial charge in [0.05, 0.1) is 19.3 Å². The molecule has 1 aromatic heterocycles. The second-order valence-corrected chi connectivity index (χ2v) is 5.09. The third-order valence-electron chi connectivity index (χ3n) is 2.83. The monoisotopic (exact) mass is 315 g/mol. The Morgan fingerprint density at radius 1 is 1.50 bits per heavy atom. The van der Waals surface area contributed by atoms with Crippen LogP contribution in [0.25, 0.3) is 0 Å². The van der Waals surface area contributed by atoms with Crippen LogP contribution in [0.4, 0.5) is 5.82 Å². The first-order valence-electron chi connectivity index (χ1n) is 5.98. The third kappa shape index (κ3) is 3.11. The lowest BCUT2D eigenvalue weighted by Gasteiger charge is -2.36. The molecule has 6 heteroatoms. The normalized spacial score (nSPS) is 24.1. The smallest absolute Gasteiger partial charge is 0.218 e. The molecule has 1 fully saturated rings. The molecule has 0 amide bonds. The molecule has 2 unspecified atom stereocenters. The summed E-state index contributed by atoms with van der Waals surface area (Å²) in [5.41, 5.74) is 0. The summed E-state index contributed by atoms with van der Waals surface area (Å²) in [6, 6.07) is 1.87. The van der Waals surface area contributed by atoms with Crippen molar-refractivity contribution in [1.82, 2.24) is 9.97 Å². The molecule has 2 atom stereocenters. The Kier molecular flexibility index (Phi) is 4.40. The molecule has 2 heterocycles. The number of rotatable bonds is 3. The van der Waals surface area contributed by atoms with Gasteiger partial charge in [0.1, 0.15) is 11.6 Å². The Hall–Kier alpha value is -0.880. The van der Waals surface area contributed by atoms with Gasteiger partial charge in [-0.05, 0) is 13.8 Å². The van der Waals surface area contributed by atoms with E-state index in [1.807, 2.05) is 13.0 Å². The van der Waals surface area contributed by atoms with Gasteiger partial charge >= 0.3 is 0 Å². The number of halogens is 1. The highest BCUT2D eigenvalue weighted by Gasteiger charge is 2.25. The molecule has 0 N–H and O–H groups in total. The fourth-order valence-corrected chi connectivity index (χ4v) is 2.47. The van der Waals surface area contributed by atoms with Crippen molar-refractivity contribution in [2.45, 2.75) is 26.1 Å². The summed E-state index contributed by atoms with van der Waals surface area (Å²) < 4.78 is 11.0. The summed E-state index contributed by atoms with van der Waals surface area (Å²) in [5, 5.41) is 0.828. The zero-order chi connectivity index (χ0) is 13.1. The number of alkyl halides is 1. The van der Waals surface area contributed by atoms with Gasteiger partial charge in [0.25, 0.3) is 0 Å². The average molecular weight is 316 g/mol. The Morgan fingerprint density at radius 3 is 2.94 bits per heavy atom. The van der Waals surface area contributed by atoms with Crippen LogP contribution in [-0.4, -0.2) is 47.7 Å². The summed E-state index contributed by atoms with van der Waals surface area (Å²) in [6.45, 7) is 5.61. The Labute approximate surface area is 116 Å². The maximum atomic E-state index is 5.81. The number of aromatic nitrogens is 2. The van der Waals surface area contributed by atoms with Crippen molar-refractivity contribution < 1.29 is 9.47 Å². The van der Waals surface area contributed by atoms with Gasteiger partial charge in [0.15, 0.2) is 0 Å². The first-order chi connectivity index (χ1) is 8.62. The SMILES string of the molecule is COc1cc(N2CC(C)OC(CBr)C2)nc(C)n1. The van der Waals surface area contributed by atoms with E-state index in [0.717, 1.165) is 30.1 Å². The van der Waals surface area contributed by atoms with Crippen molar-refractivity contribution in [2.75, 3.05) is 30.4 Å². The summed E-state index contributed by atoms with van der Waals surface area (Å²) in [7, 11) is 1.62. The number of anilines is 1. The van der Waals surface area contributed by atoms with Gasteiger partial charge in [-0.25, -0.2) is 4.98 Å². The van der Waals surface area contributed by atoms with E-state index in [9.17, 15) is 0 Å². The molecule has 0 aromatic carbocycles. The molecule has 100 valence electrons. The molecular weight excluding hydrogens is 298 g/mol. The van der Waals surface area contributed by atoms with E-state index < -0.39 is 0 Å². The molecule has 2 rings (SSSR count). The number of ether oxygens (including phenoxy) is 2. The number of methoxy groups -OCH3 is 1. The van der Waals surface area contributed by atoms with Crippen molar-refractivity contribution in [3.63, 3.8) is 0 Å². The van der Waals surface area contributed by atoms with E-state index in [4.69, 9.17) is 9.47 Å². The van der Waals surface area contributed by atoms with Gasteiger partial charge in [-0.1, -0.05) is 15.9 Å². The molecule has 5 nitrogen and oxygen atoms in total. The number of hydrogen-bond donors (Lipinski definition) is 0. The molecule has 1 aromatic rings. The molecule has 1 aliphatic heterocycles. The van der Waals surface area contributed by atoms with Crippen LogP contribution in [0.1, 0.15) is 12.7 Å². The van der Waals surface area contributed by atoms with E-state index in [-0.39, 0.29) is 12.2 Å². The van der Waals surface area contributed by atoms with Crippen LogP contribution in [0.3, 0.4) is 0 Å². The Bertz CT molecular complexity index is 416. The first kappa shape index (κ1) is 13.5. The highest BCUT2D eigenvalue weighted by atomic mass is 79.9. The number of nitrogens with zero attached hydrogens (tertiary/aromatic N) is 3. The quantitative estimate of drug-likeness (QED) is 0.796. The molecule has 0 spiro atoms. The second kappa shape index (κ2) is 5.84. The van der Waals surface area contributed by atoms with Gasteiger partial charge in [-0.2, -0.15) is 4.98 Å². The minimum absolute atomic E-state index is 0.190. The van der Waals surface area contributed by atoms with Crippen LogP contribution in [0.5, 0.6) is 5.88 Å². The predicted octanol–water partition coefficient (Wildman–Crippen LogP) is 1.78. The number of aryl methyl sites for hydroxylation is 1. The van der Waals surface area contributed by atoms with Crippen LogP contribution >= 0.6 is 15.9 Å². The fraction of sp³-hybridized carbons (Fsp3) is 0.667. The summed E-state index contributed by atoms with van der Waals surface area (Å²) in [5.74, 6) is 2.23. The molecule has 0 bridgehead atoms. The van der Waals surface area contributed by atoms with Crippen LogP contribution in [0, 0.1) is 6.92 Å². The topological polar surface area (TPSA) is 47.5 Å². The van der Waals surface area contributed by atoms with Gasteiger partial charge in [-0.15, -0.1) is 0 Å². The Balaban J connectivity index is 2.21. The Morgan fingerprint density at radius 2 is 2.28 bits per heavy atom. The molecule has 1 aliphatic rings. The van der Waals surface area contributed by atoms with Gasteiger partial charge in [0.2, 0.25) is 5.88 Å². The van der Waals surface area contributed by atoms with E-state index in [1.165, 1.54) is 0 Å². The van der Waals surface area contributed by atoms with Crippen molar-refractivity contribution in [3.8, 4) is 5.88 Å². The number of hydrogen-bond acceptors (Lipinski definition) is 5. The second-order valence-electron chi connectivity index (χ2n) is 4.44. The molecular formula is C12H18BrN3O2. The van der Waals surface area contributed by atoms with Gasteiger partial charge in [-0.3, -0.25) is 0 Å². The van der Waals surface area contributed by atoms with Gasteiger partial charge < -0.3 is 14.4 Å². The van der Waals surface area contributed by atoms with Crippen molar-refractivity contribution >= 4 is 21.7 Å². The van der Waals surface area contributed by atoms with Crippen LogP contribution in [0.2, 0.25) is 0 Å². The first-order valence-corrected chi connectivity index (χ1v) is 7.10. The molecule has 0 radical (unpaired) electrons. The van der Waals surface area contributed by atoms with Crippen LogP contribution < -0.4 is 9.64 Å². The third-order valence-corrected chi connectivity index (χ3v) is 3.55. The van der Waals surface area contributed by atoms with Crippen LogP contribution in [-0.2, 0) is 4.74 Å². The average Bonchev–Trinajstić information content (AvgIpc) is 2.37. The standard InChI is InChI=1S/C12H18BrN3O2/c1-8-6-16(7-10(5-13)18-8)11-4-12(17-3)15-9(2)14-11/h4,8,10H,5-7H2,1-3H3. The molecule has 0 saturated carbocycles. The van der Waals surface area contributed by atoms with Crippen LogP contribution in [0.15, 0.2) is 6.07 Å². The predicted molar refractivity (Wildman–Crippen MR) is 73.7 cm³/mol. The zero-order valence-corrected chi connectivity index (χ0v) is 12.5. The highest BCUT2D eigenvalue weighted by molar-refractivity contribution is 9.09. The van der Waals surface area contributed by atoms with Crippen molar-refractivity contribution in [3.05, 3.63) is 11.9 Å². The van der Waals surface area contributed by atoms with E-state index in [0.29, 0.717) is 5.88 Å². The molecule has 0 aliphatic carbocycles. The summed E-state index contributed by atoms with van der Waals surface area (Å²) >= 11 is 3.47. The van der Waals surface area contributed by atoms with E-state index >= 15 is 0 Å². The van der Waals surface area contributed by atoms with E-state index in [2.05, 4.69) is 37.7 Å². The fourth-order valence-electron chi connectivity index (χ4n) is 2.11. The lowest BCUT2D eigenvalue weighted by Crippen LogP contribution is -2.47. The molecule has 1 saturated heterocycles. The maximum Gasteiger partial charge on any atom is 0.218 e. The van der Waals surface area contributed by atoms with Crippen molar-refractivity contribution in [1.29, 1.82) is 0 Å². The number of morpholine rings is 1. The van der Waals surface area contributed by atoms with Crippen molar-refractivity contribution in [2.24, 2.45) is 0 Å². The zero-order valence-electron chi connectivity index (χ0n) is 10.9. The minimum atomic E-state index is 0.190. The summed E-state index contributed by atoms with van der Waals surface area (Å²) in [6.07, 6.45) is 0.387. The lowest BCUT2D eigenvalue weighted by atomic mass is 10.2. The highest BCUT2D eigenvalue weighted by Crippen LogP contribution is 2.22. The van der Waals surface area contributed by atoms with Gasteiger partial charge in [0, 0.05) is 24.5 Å². The largest absolute Gasteiger partial charge is 0.481 e. The lowest BCUT2D eigenvalue weighted by molar-refractivity contribution is -0.00226. The summed E-state index contributed by atoms with van der Waals surface area (Å²) in [4.78, 5) is 10.9. The maximum absolute atomic E-state index is 5.81. The van der Waals surface area contributed by atoms with E-state index in [1.54, 1.807) is 7.11 Å². The minimum Gasteiger partial charge on any atom is -0.481 e. The molecule has 18 heavy (non-hydrogen) atoms.